The zero-order valence-electron chi connectivity index (χ0n) is 20.5. The number of imidazole rings is 1. The minimum absolute atomic E-state index is 0.310. The van der Waals surface area contributed by atoms with Crippen molar-refractivity contribution in [2.75, 3.05) is 11.9 Å². The number of anilines is 1. The summed E-state index contributed by atoms with van der Waals surface area (Å²) in [7, 11) is 0. The number of aromatic nitrogens is 2. The van der Waals surface area contributed by atoms with Crippen LogP contribution in [0.1, 0.15) is 32.6 Å². The summed E-state index contributed by atoms with van der Waals surface area (Å²) in [6.07, 6.45) is 1.60. The van der Waals surface area contributed by atoms with Crippen LogP contribution >= 0.6 is 11.3 Å². The summed E-state index contributed by atoms with van der Waals surface area (Å²) in [4.78, 5) is 34.2. The van der Waals surface area contributed by atoms with Gasteiger partial charge in [-0.1, -0.05) is 54.1 Å². The molecule has 3 aromatic carbocycles. The topological polar surface area (TPSA) is 108 Å². The molecule has 0 spiro atoms. The number of aryl methyl sites for hydroxylation is 2. The molecule has 0 radical (unpaired) electrons. The van der Waals surface area contributed by atoms with Gasteiger partial charge in [-0.15, -0.1) is 11.3 Å². The summed E-state index contributed by atoms with van der Waals surface area (Å²) in [5.74, 6) is -0.404. The van der Waals surface area contributed by atoms with Crippen molar-refractivity contribution in [2.45, 2.75) is 19.8 Å². The van der Waals surface area contributed by atoms with E-state index in [-0.39, 0.29) is 0 Å². The van der Waals surface area contributed by atoms with Crippen molar-refractivity contribution in [1.82, 2.24) is 9.97 Å². The lowest BCUT2D eigenvalue weighted by Gasteiger charge is -2.15. The largest absolute Gasteiger partial charge is 0.452 e. The average Bonchev–Trinajstić information content (AvgIpc) is 3.52. The minimum atomic E-state index is -0.617. The van der Waals surface area contributed by atoms with Gasteiger partial charge in [0.05, 0.1) is 22.2 Å². The number of rotatable bonds is 5. The predicted octanol–water partition coefficient (Wildman–Crippen LogP) is 6.03. The SMILES string of the molecule is Cc1ccc(-c2nc3ccc(C(=O)OCC(=O)Nc4sc5c(c4C#N)CCc4ccccc4-5)cc3[nH]2)cc1. The van der Waals surface area contributed by atoms with Crippen molar-refractivity contribution in [1.29, 1.82) is 5.26 Å². The Labute approximate surface area is 222 Å². The fourth-order valence-corrected chi connectivity index (χ4v) is 5.99. The quantitative estimate of drug-likeness (QED) is 0.276. The van der Waals surface area contributed by atoms with Gasteiger partial charge in [-0.2, -0.15) is 5.26 Å². The molecule has 0 aliphatic heterocycles. The lowest BCUT2D eigenvalue weighted by atomic mass is 9.90. The molecule has 0 saturated heterocycles. The average molecular weight is 519 g/mol. The molecule has 8 heteroatoms. The Morgan fingerprint density at radius 3 is 2.74 bits per heavy atom. The van der Waals surface area contributed by atoms with Crippen LogP contribution < -0.4 is 5.32 Å². The first-order valence-corrected chi connectivity index (χ1v) is 13.0. The van der Waals surface area contributed by atoms with Crippen molar-refractivity contribution in [2.24, 2.45) is 0 Å². The van der Waals surface area contributed by atoms with E-state index in [9.17, 15) is 14.9 Å². The zero-order valence-corrected chi connectivity index (χ0v) is 21.3. The van der Waals surface area contributed by atoms with E-state index in [4.69, 9.17) is 4.74 Å². The highest BCUT2D eigenvalue weighted by Crippen LogP contribution is 2.44. The Kier molecular flexibility index (Phi) is 5.98. The van der Waals surface area contributed by atoms with Gasteiger partial charge in [-0.25, -0.2) is 9.78 Å². The first kappa shape index (κ1) is 23.6. The van der Waals surface area contributed by atoms with Crippen LogP contribution in [-0.2, 0) is 22.4 Å². The van der Waals surface area contributed by atoms with Crippen LogP contribution in [0.25, 0.3) is 32.9 Å². The lowest BCUT2D eigenvalue weighted by molar-refractivity contribution is -0.119. The van der Waals surface area contributed by atoms with Gasteiger partial charge in [0, 0.05) is 10.4 Å². The van der Waals surface area contributed by atoms with Crippen molar-refractivity contribution < 1.29 is 14.3 Å². The van der Waals surface area contributed by atoms with Crippen molar-refractivity contribution >= 4 is 39.2 Å². The second-order valence-electron chi connectivity index (χ2n) is 9.19. The van der Waals surface area contributed by atoms with Crippen LogP contribution in [0.5, 0.6) is 0 Å². The number of fused-ring (bicyclic) bond motifs is 4. The van der Waals surface area contributed by atoms with Gasteiger partial charge in [-0.05, 0) is 54.7 Å². The summed E-state index contributed by atoms with van der Waals surface area (Å²) < 4.78 is 5.28. The van der Waals surface area contributed by atoms with E-state index >= 15 is 0 Å². The Bertz CT molecular complexity index is 1760. The number of carbonyl (C=O) groups is 2. The van der Waals surface area contributed by atoms with Gasteiger partial charge in [0.25, 0.3) is 5.91 Å². The standard InChI is InChI=1S/C30H22N4O3S/c1-17-6-8-19(9-7-17)28-32-24-13-11-20(14-25(24)33-28)30(36)37-16-26(35)34-29-23(15-31)22-12-10-18-4-2-3-5-21(18)27(22)38-29/h2-9,11,13-14H,10,12,16H2,1H3,(H,32,33)(H,34,35). The number of aromatic amines is 1. The molecule has 0 atom stereocenters. The van der Waals surface area contributed by atoms with Crippen LogP contribution in [0.15, 0.2) is 66.7 Å². The first-order valence-electron chi connectivity index (χ1n) is 12.2. The second-order valence-corrected chi connectivity index (χ2v) is 10.2. The molecule has 2 N–H and O–H groups in total. The molecule has 7 nitrogen and oxygen atoms in total. The van der Waals surface area contributed by atoms with Gasteiger partial charge in [-0.3, -0.25) is 4.79 Å². The molecule has 1 aliphatic carbocycles. The van der Waals surface area contributed by atoms with Crippen LogP contribution in [0, 0.1) is 18.3 Å². The Morgan fingerprint density at radius 2 is 1.92 bits per heavy atom. The normalized spacial score (nSPS) is 11.9. The highest BCUT2D eigenvalue weighted by atomic mass is 32.1. The van der Waals surface area contributed by atoms with E-state index in [1.54, 1.807) is 18.2 Å². The maximum Gasteiger partial charge on any atom is 0.338 e. The third-order valence-electron chi connectivity index (χ3n) is 6.66. The number of carbonyl (C=O) groups excluding carboxylic acids is 2. The van der Waals surface area contributed by atoms with Crippen molar-refractivity contribution in [3.05, 3.63) is 94.5 Å². The van der Waals surface area contributed by atoms with Gasteiger partial charge >= 0.3 is 5.97 Å². The van der Waals surface area contributed by atoms with Crippen LogP contribution in [0.3, 0.4) is 0 Å². The van der Waals surface area contributed by atoms with E-state index < -0.39 is 18.5 Å². The minimum Gasteiger partial charge on any atom is -0.452 e. The van der Waals surface area contributed by atoms with Gasteiger partial charge in [0.2, 0.25) is 0 Å². The number of nitrogens with zero attached hydrogens (tertiary/aromatic N) is 2. The molecule has 6 rings (SSSR count). The molecule has 0 bridgehead atoms. The number of benzene rings is 3. The maximum absolute atomic E-state index is 12.7. The maximum atomic E-state index is 12.7. The molecule has 1 amide bonds. The predicted molar refractivity (Wildman–Crippen MR) is 147 cm³/mol. The number of H-pyrrole nitrogens is 1. The molecule has 0 unspecified atom stereocenters. The Balaban J connectivity index is 1.14. The Hall–Kier alpha value is -4.74. The number of amides is 1. The smallest absolute Gasteiger partial charge is 0.338 e. The van der Waals surface area contributed by atoms with E-state index in [1.807, 2.05) is 49.4 Å². The molecular weight excluding hydrogens is 496 g/mol. The third kappa shape index (κ3) is 4.33. The van der Waals surface area contributed by atoms with E-state index in [0.29, 0.717) is 27.5 Å². The number of hydrogen-bond acceptors (Lipinski definition) is 6. The number of hydrogen-bond donors (Lipinski definition) is 2. The van der Waals surface area contributed by atoms with Gasteiger partial charge in [0.15, 0.2) is 6.61 Å². The summed E-state index contributed by atoms with van der Waals surface area (Å²) in [5, 5.41) is 13.0. The molecule has 38 heavy (non-hydrogen) atoms. The van der Waals surface area contributed by atoms with Gasteiger partial charge in [0.1, 0.15) is 16.9 Å². The third-order valence-corrected chi connectivity index (χ3v) is 7.84. The number of thiophene rings is 1. The van der Waals surface area contributed by atoms with Crippen molar-refractivity contribution in [3.8, 4) is 27.9 Å². The van der Waals surface area contributed by atoms with Gasteiger partial charge < -0.3 is 15.0 Å². The molecule has 186 valence electrons. The molecule has 2 aromatic heterocycles. The highest BCUT2D eigenvalue weighted by molar-refractivity contribution is 7.20. The monoisotopic (exact) mass is 518 g/mol. The summed E-state index contributed by atoms with van der Waals surface area (Å²) in [6.45, 7) is 1.56. The Morgan fingerprint density at radius 1 is 1.11 bits per heavy atom. The number of nitriles is 1. The van der Waals surface area contributed by atoms with E-state index in [1.165, 1.54) is 16.9 Å². The van der Waals surface area contributed by atoms with Crippen LogP contribution in [-0.4, -0.2) is 28.5 Å². The van der Waals surface area contributed by atoms with Crippen LogP contribution in [0.2, 0.25) is 0 Å². The number of ether oxygens (including phenoxy) is 1. The molecule has 5 aromatic rings. The molecule has 0 fully saturated rings. The summed E-state index contributed by atoms with van der Waals surface area (Å²) in [5.41, 5.74) is 7.61. The molecule has 0 saturated carbocycles. The van der Waals surface area contributed by atoms with Crippen molar-refractivity contribution in [3.63, 3.8) is 0 Å². The second kappa shape index (κ2) is 9.61. The molecule has 1 aliphatic rings. The number of nitrogens with one attached hydrogen (secondary N) is 2. The molecule has 2 heterocycles. The van der Waals surface area contributed by atoms with E-state index in [0.717, 1.165) is 45.5 Å². The highest BCUT2D eigenvalue weighted by Gasteiger charge is 2.25. The summed E-state index contributed by atoms with van der Waals surface area (Å²) in [6, 6.07) is 23.4. The molecular formula is C30H22N4O3S. The lowest BCUT2D eigenvalue weighted by Crippen LogP contribution is -2.20. The fourth-order valence-electron chi connectivity index (χ4n) is 4.71. The zero-order chi connectivity index (χ0) is 26.2. The van der Waals surface area contributed by atoms with E-state index in [2.05, 4.69) is 27.4 Å². The fraction of sp³-hybridized carbons (Fsp3) is 0.133. The van der Waals surface area contributed by atoms with Crippen LogP contribution in [0.4, 0.5) is 5.00 Å². The number of esters is 1. The first-order chi connectivity index (χ1) is 18.5. The summed E-state index contributed by atoms with van der Waals surface area (Å²) >= 11 is 1.38.